The molecule has 0 bridgehead atoms. The molecule has 2 rings (SSSR count). The Morgan fingerprint density at radius 2 is 2.00 bits per heavy atom. The highest BCUT2D eigenvalue weighted by Crippen LogP contribution is 2.34. The molecule has 3 atom stereocenters. The van der Waals surface area contributed by atoms with Crippen LogP contribution >= 0.6 is 0 Å². The average molecular weight is 255 g/mol. The van der Waals surface area contributed by atoms with Crippen LogP contribution in [0.4, 0.5) is 0 Å². The van der Waals surface area contributed by atoms with E-state index < -0.39 is 0 Å². The van der Waals surface area contributed by atoms with Gasteiger partial charge in [0.15, 0.2) is 0 Å². The number of hydrogen-bond acceptors (Lipinski definition) is 3. The fourth-order valence-corrected chi connectivity index (χ4v) is 3.28. The Morgan fingerprint density at radius 1 is 1.22 bits per heavy atom. The Bertz CT molecular complexity index is 243. The van der Waals surface area contributed by atoms with Gasteiger partial charge in [0.05, 0.1) is 12.7 Å². The minimum absolute atomic E-state index is 0.0726. The third-order valence-electron chi connectivity index (χ3n) is 4.74. The Kier molecular flexibility index (Phi) is 5.46. The Balaban J connectivity index is 1.83. The fraction of sp³-hybridized carbons (Fsp3) is 1.00. The molecule has 0 aromatic heterocycles. The number of aliphatic hydroxyl groups is 1. The summed E-state index contributed by atoms with van der Waals surface area (Å²) in [6.07, 6.45) is 7.31. The third kappa shape index (κ3) is 3.94. The molecule has 2 aliphatic carbocycles. The minimum atomic E-state index is -0.0726. The highest BCUT2D eigenvalue weighted by atomic mass is 16.5. The zero-order valence-corrected chi connectivity index (χ0v) is 12.0. The molecule has 2 fully saturated rings. The van der Waals surface area contributed by atoms with Crippen LogP contribution in [-0.2, 0) is 4.74 Å². The summed E-state index contributed by atoms with van der Waals surface area (Å²) in [6.45, 7) is 5.20. The lowest BCUT2D eigenvalue weighted by molar-refractivity contribution is 0.0203. The second kappa shape index (κ2) is 6.88. The van der Waals surface area contributed by atoms with Crippen molar-refractivity contribution < 1.29 is 9.84 Å². The van der Waals surface area contributed by atoms with E-state index in [4.69, 9.17) is 4.74 Å². The van der Waals surface area contributed by atoms with Crippen molar-refractivity contribution in [3.8, 4) is 0 Å². The molecule has 3 nitrogen and oxygen atoms in total. The van der Waals surface area contributed by atoms with Gasteiger partial charge in [-0.05, 0) is 43.9 Å². The average Bonchev–Trinajstić information content (AvgIpc) is 3.21. The fourth-order valence-electron chi connectivity index (χ4n) is 3.28. The standard InChI is InChI=1S/C15H29NO2/c1-3-12-4-7-15(17)13(10-12)11-16(8-9-18-2)14-5-6-14/h12-15,17H,3-11H2,1-2H3. The van der Waals surface area contributed by atoms with Gasteiger partial charge < -0.3 is 9.84 Å². The summed E-state index contributed by atoms with van der Waals surface area (Å²) in [7, 11) is 1.77. The number of ether oxygens (including phenoxy) is 1. The summed E-state index contributed by atoms with van der Waals surface area (Å²) in [5, 5.41) is 10.2. The number of nitrogens with zero attached hydrogens (tertiary/aromatic N) is 1. The lowest BCUT2D eigenvalue weighted by Crippen LogP contribution is -2.41. The molecular weight excluding hydrogens is 226 g/mol. The summed E-state index contributed by atoms with van der Waals surface area (Å²) < 4.78 is 5.20. The van der Waals surface area contributed by atoms with Crippen LogP contribution in [0.3, 0.4) is 0 Å². The van der Waals surface area contributed by atoms with E-state index in [0.29, 0.717) is 5.92 Å². The summed E-state index contributed by atoms with van der Waals surface area (Å²) in [6, 6.07) is 0.773. The predicted molar refractivity (Wildman–Crippen MR) is 73.6 cm³/mol. The lowest BCUT2D eigenvalue weighted by atomic mass is 9.78. The lowest BCUT2D eigenvalue weighted by Gasteiger charge is -2.36. The van der Waals surface area contributed by atoms with Gasteiger partial charge in [0.25, 0.3) is 0 Å². The molecule has 0 aliphatic heterocycles. The van der Waals surface area contributed by atoms with Gasteiger partial charge in [0, 0.05) is 26.2 Å². The van der Waals surface area contributed by atoms with Crippen LogP contribution in [-0.4, -0.2) is 49.0 Å². The van der Waals surface area contributed by atoms with Gasteiger partial charge in [-0.15, -0.1) is 0 Å². The first kappa shape index (κ1) is 14.3. The first-order valence-electron chi connectivity index (χ1n) is 7.65. The number of methoxy groups -OCH3 is 1. The van der Waals surface area contributed by atoms with E-state index in [9.17, 15) is 5.11 Å². The van der Waals surface area contributed by atoms with Gasteiger partial charge in [-0.25, -0.2) is 0 Å². The van der Waals surface area contributed by atoms with E-state index in [1.165, 1.54) is 32.1 Å². The van der Waals surface area contributed by atoms with Gasteiger partial charge in [0.2, 0.25) is 0 Å². The first-order chi connectivity index (χ1) is 8.74. The van der Waals surface area contributed by atoms with Crippen LogP contribution in [0.15, 0.2) is 0 Å². The van der Waals surface area contributed by atoms with E-state index in [1.807, 2.05) is 0 Å². The highest BCUT2D eigenvalue weighted by Gasteiger charge is 2.34. The molecule has 106 valence electrons. The molecule has 18 heavy (non-hydrogen) atoms. The van der Waals surface area contributed by atoms with E-state index in [-0.39, 0.29) is 6.10 Å². The molecule has 3 unspecified atom stereocenters. The molecule has 0 amide bonds. The summed E-state index contributed by atoms with van der Waals surface area (Å²) in [5.74, 6) is 1.32. The van der Waals surface area contributed by atoms with Crippen molar-refractivity contribution >= 4 is 0 Å². The van der Waals surface area contributed by atoms with Crippen molar-refractivity contribution in [2.75, 3.05) is 26.8 Å². The molecule has 0 spiro atoms. The predicted octanol–water partition coefficient (Wildman–Crippen LogP) is 2.28. The Labute approximate surface area is 112 Å². The number of aliphatic hydroxyl groups excluding tert-OH is 1. The van der Waals surface area contributed by atoms with Gasteiger partial charge in [-0.2, -0.15) is 0 Å². The molecule has 0 heterocycles. The monoisotopic (exact) mass is 255 g/mol. The molecule has 0 aromatic carbocycles. The summed E-state index contributed by atoms with van der Waals surface area (Å²) in [5.41, 5.74) is 0. The van der Waals surface area contributed by atoms with Crippen molar-refractivity contribution in [2.45, 2.75) is 57.6 Å². The maximum atomic E-state index is 10.2. The molecule has 0 radical (unpaired) electrons. The quantitative estimate of drug-likeness (QED) is 0.757. The Hall–Kier alpha value is -0.120. The molecular formula is C15H29NO2. The minimum Gasteiger partial charge on any atom is -0.393 e. The molecule has 3 heteroatoms. The highest BCUT2D eigenvalue weighted by molar-refractivity contribution is 4.88. The molecule has 0 saturated heterocycles. The van der Waals surface area contributed by atoms with Gasteiger partial charge in [-0.3, -0.25) is 4.90 Å². The van der Waals surface area contributed by atoms with Crippen LogP contribution in [0, 0.1) is 11.8 Å². The third-order valence-corrected chi connectivity index (χ3v) is 4.74. The first-order valence-corrected chi connectivity index (χ1v) is 7.65. The number of hydrogen-bond donors (Lipinski definition) is 1. The molecule has 2 aliphatic rings. The van der Waals surface area contributed by atoms with Crippen LogP contribution in [0.1, 0.15) is 45.4 Å². The van der Waals surface area contributed by atoms with Gasteiger partial charge >= 0.3 is 0 Å². The van der Waals surface area contributed by atoms with Crippen LogP contribution in [0.2, 0.25) is 0 Å². The second-order valence-electron chi connectivity index (χ2n) is 6.13. The van der Waals surface area contributed by atoms with Crippen molar-refractivity contribution in [2.24, 2.45) is 11.8 Å². The van der Waals surface area contributed by atoms with Crippen LogP contribution in [0.25, 0.3) is 0 Å². The summed E-state index contributed by atoms with van der Waals surface area (Å²) >= 11 is 0. The molecule has 1 N–H and O–H groups in total. The topological polar surface area (TPSA) is 32.7 Å². The SMILES string of the molecule is CCC1CCC(O)C(CN(CCOC)C2CC2)C1. The van der Waals surface area contributed by atoms with Crippen molar-refractivity contribution in [3.63, 3.8) is 0 Å². The molecule has 0 aromatic rings. The van der Waals surface area contributed by atoms with Crippen LogP contribution in [0.5, 0.6) is 0 Å². The van der Waals surface area contributed by atoms with Crippen molar-refractivity contribution in [3.05, 3.63) is 0 Å². The number of rotatable bonds is 7. The summed E-state index contributed by atoms with van der Waals surface area (Å²) in [4.78, 5) is 2.55. The van der Waals surface area contributed by atoms with Crippen LogP contribution < -0.4 is 0 Å². The maximum absolute atomic E-state index is 10.2. The molecule has 2 saturated carbocycles. The smallest absolute Gasteiger partial charge is 0.0589 e. The normalized spacial score (nSPS) is 33.0. The van der Waals surface area contributed by atoms with Crippen molar-refractivity contribution in [1.29, 1.82) is 0 Å². The van der Waals surface area contributed by atoms with E-state index in [1.54, 1.807) is 7.11 Å². The van der Waals surface area contributed by atoms with Crippen molar-refractivity contribution in [1.82, 2.24) is 4.90 Å². The second-order valence-corrected chi connectivity index (χ2v) is 6.13. The van der Waals surface area contributed by atoms with Gasteiger partial charge in [-0.1, -0.05) is 13.3 Å². The Morgan fingerprint density at radius 3 is 2.61 bits per heavy atom. The van der Waals surface area contributed by atoms with Gasteiger partial charge in [0.1, 0.15) is 0 Å². The zero-order chi connectivity index (χ0) is 13.0. The van der Waals surface area contributed by atoms with E-state index in [0.717, 1.165) is 38.1 Å². The van der Waals surface area contributed by atoms with E-state index >= 15 is 0 Å². The zero-order valence-electron chi connectivity index (χ0n) is 12.0. The largest absolute Gasteiger partial charge is 0.393 e. The maximum Gasteiger partial charge on any atom is 0.0589 e. The van der Waals surface area contributed by atoms with E-state index in [2.05, 4.69) is 11.8 Å².